The summed E-state index contributed by atoms with van der Waals surface area (Å²) in [5.41, 5.74) is -0.965. The standard InChI is InChI=1S/C11H11ClF3N3O/c12-9(19)7-2-5-18(6-3-7)10-16-4-1-8(17-10)11(13,14)15/h1,4,7H,2-3,5-6H2. The fourth-order valence-corrected chi connectivity index (χ4v) is 2.18. The van der Waals surface area contributed by atoms with E-state index in [2.05, 4.69) is 9.97 Å². The molecule has 0 atom stereocenters. The van der Waals surface area contributed by atoms with Crippen LogP contribution in [0.3, 0.4) is 0 Å². The zero-order valence-electron chi connectivity index (χ0n) is 9.82. The van der Waals surface area contributed by atoms with Crippen molar-refractivity contribution in [3.05, 3.63) is 18.0 Å². The van der Waals surface area contributed by atoms with Gasteiger partial charge in [0.2, 0.25) is 11.2 Å². The number of halogens is 4. The minimum absolute atomic E-state index is 0.0373. The molecule has 0 amide bonds. The maximum Gasteiger partial charge on any atom is 0.433 e. The number of hydrogen-bond acceptors (Lipinski definition) is 4. The van der Waals surface area contributed by atoms with Crippen molar-refractivity contribution in [3.63, 3.8) is 0 Å². The number of rotatable bonds is 2. The molecule has 1 aromatic rings. The molecule has 0 aliphatic carbocycles. The van der Waals surface area contributed by atoms with Gasteiger partial charge in [0.25, 0.3) is 0 Å². The Balaban J connectivity index is 2.10. The van der Waals surface area contributed by atoms with Gasteiger partial charge in [0.05, 0.1) is 0 Å². The monoisotopic (exact) mass is 293 g/mol. The van der Waals surface area contributed by atoms with E-state index >= 15 is 0 Å². The van der Waals surface area contributed by atoms with Crippen LogP contribution in [-0.2, 0) is 11.0 Å². The van der Waals surface area contributed by atoms with E-state index in [1.165, 1.54) is 0 Å². The third-order valence-electron chi connectivity index (χ3n) is 3.03. The van der Waals surface area contributed by atoms with Gasteiger partial charge in [-0.05, 0) is 30.5 Å². The fraction of sp³-hybridized carbons (Fsp3) is 0.545. The van der Waals surface area contributed by atoms with Crippen LogP contribution in [0.25, 0.3) is 0 Å². The molecule has 8 heteroatoms. The topological polar surface area (TPSA) is 46.1 Å². The molecule has 0 aromatic carbocycles. The number of anilines is 1. The highest BCUT2D eigenvalue weighted by Gasteiger charge is 2.33. The predicted molar refractivity (Wildman–Crippen MR) is 62.8 cm³/mol. The summed E-state index contributed by atoms with van der Waals surface area (Å²) in [5, 5.41) is -0.399. The first kappa shape index (κ1) is 14.0. The van der Waals surface area contributed by atoms with Gasteiger partial charge in [0, 0.05) is 25.2 Å². The van der Waals surface area contributed by atoms with Crippen LogP contribution in [-0.4, -0.2) is 28.3 Å². The second-order valence-corrected chi connectivity index (χ2v) is 4.68. The van der Waals surface area contributed by atoms with Crippen LogP contribution in [0.2, 0.25) is 0 Å². The second kappa shape index (κ2) is 5.32. The molecule has 1 aromatic heterocycles. The lowest BCUT2D eigenvalue weighted by molar-refractivity contribution is -0.141. The average Bonchev–Trinajstić information content (AvgIpc) is 2.38. The molecule has 0 N–H and O–H groups in total. The number of piperidine rings is 1. The maximum atomic E-state index is 12.5. The lowest BCUT2D eigenvalue weighted by Gasteiger charge is -2.30. The van der Waals surface area contributed by atoms with Crippen molar-refractivity contribution in [1.29, 1.82) is 0 Å². The Bertz CT molecular complexity index is 472. The molecule has 1 aliphatic heterocycles. The van der Waals surface area contributed by atoms with E-state index in [1.54, 1.807) is 4.90 Å². The highest BCUT2D eigenvalue weighted by atomic mass is 35.5. The third kappa shape index (κ3) is 3.34. The smallest absolute Gasteiger partial charge is 0.341 e. The van der Waals surface area contributed by atoms with Gasteiger partial charge in [-0.15, -0.1) is 0 Å². The van der Waals surface area contributed by atoms with Crippen LogP contribution < -0.4 is 4.90 Å². The predicted octanol–water partition coefficient (Wildman–Crippen LogP) is 2.48. The summed E-state index contributed by atoms with van der Waals surface area (Å²) in [7, 11) is 0. The molecule has 0 spiro atoms. The normalized spacial score (nSPS) is 17.6. The Morgan fingerprint density at radius 1 is 1.37 bits per heavy atom. The average molecular weight is 294 g/mol. The van der Waals surface area contributed by atoms with Crippen molar-refractivity contribution in [2.45, 2.75) is 19.0 Å². The molecule has 2 rings (SSSR count). The summed E-state index contributed by atoms with van der Waals surface area (Å²) in [6.45, 7) is 0.842. The van der Waals surface area contributed by atoms with Crippen LogP contribution in [0.4, 0.5) is 19.1 Å². The molecular weight excluding hydrogens is 283 g/mol. The number of aromatic nitrogens is 2. The van der Waals surface area contributed by atoms with Crippen molar-refractivity contribution in [2.24, 2.45) is 5.92 Å². The van der Waals surface area contributed by atoms with Gasteiger partial charge in [0.15, 0.2) is 0 Å². The lowest BCUT2D eigenvalue weighted by Crippen LogP contribution is -2.36. The van der Waals surface area contributed by atoms with Gasteiger partial charge in [-0.2, -0.15) is 13.2 Å². The van der Waals surface area contributed by atoms with Crippen molar-refractivity contribution >= 4 is 22.8 Å². The first-order chi connectivity index (χ1) is 8.88. The molecule has 0 unspecified atom stereocenters. The molecule has 2 heterocycles. The van der Waals surface area contributed by atoms with Crippen LogP contribution in [0.1, 0.15) is 18.5 Å². The molecular formula is C11H11ClF3N3O. The number of carbonyl (C=O) groups is 1. The Labute approximate surface area is 112 Å². The second-order valence-electron chi connectivity index (χ2n) is 4.31. The van der Waals surface area contributed by atoms with E-state index in [9.17, 15) is 18.0 Å². The van der Waals surface area contributed by atoms with Crippen molar-refractivity contribution in [1.82, 2.24) is 9.97 Å². The highest BCUT2D eigenvalue weighted by Crippen LogP contribution is 2.29. The van der Waals surface area contributed by atoms with E-state index in [4.69, 9.17) is 11.6 Å². The summed E-state index contributed by atoms with van der Waals surface area (Å²) in [5.74, 6) is -0.195. The van der Waals surface area contributed by atoms with Gasteiger partial charge in [0.1, 0.15) is 5.69 Å². The van der Waals surface area contributed by atoms with Gasteiger partial charge in [-0.3, -0.25) is 4.79 Å². The maximum absolute atomic E-state index is 12.5. The first-order valence-corrected chi connectivity index (χ1v) is 6.10. The minimum Gasteiger partial charge on any atom is -0.341 e. The Morgan fingerprint density at radius 3 is 2.53 bits per heavy atom. The quantitative estimate of drug-likeness (QED) is 0.786. The summed E-state index contributed by atoms with van der Waals surface area (Å²) >= 11 is 5.40. The Morgan fingerprint density at radius 2 is 2.00 bits per heavy atom. The molecule has 1 saturated heterocycles. The third-order valence-corrected chi connectivity index (χ3v) is 3.34. The fourth-order valence-electron chi connectivity index (χ4n) is 1.97. The Kier molecular flexibility index (Phi) is 3.93. The zero-order valence-corrected chi connectivity index (χ0v) is 10.6. The zero-order chi connectivity index (χ0) is 14.0. The van der Waals surface area contributed by atoms with Crippen LogP contribution >= 0.6 is 11.6 Å². The minimum atomic E-state index is -4.48. The van der Waals surface area contributed by atoms with Gasteiger partial charge in [-0.25, -0.2) is 9.97 Å². The highest BCUT2D eigenvalue weighted by molar-refractivity contribution is 6.64. The molecule has 1 fully saturated rings. The summed E-state index contributed by atoms with van der Waals surface area (Å²) in [6.07, 6.45) is -2.39. The van der Waals surface area contributed by atoms with Crippen molar-refractivity contribution in [3.8, 4) is 0 Å². The molecule has 0 radical (unpaired) electrons. The molecule has 0 saturated carbocycles. The number of carbonyl (C=O) groups excluding carboxylic acids is 1. The molecule has 19 heavy (non-hydrogen) atoms. The summed E-state index contributed by atoms with van der Waals surface area (Å²) in [4.78, 5) is 20.0. The SMILES string of the molecule is O=C(Cl)C1CCN(c2nccc(C(F)(F)F)n2)CC1. The molecule has 104 valence electrons. The molecule has 0 bridgehead atoms. The van der Waals surface area contributed by atoms with Crippen LogP contribution in [0.5, 0.6) is 0 Å². The van der Waals surface area contributed by atoms with E-state index in [0.717, 1.165) is 12.3 Å². The first-order valence-electron chi connectivity index (χ1n) is 5.72. The molecule has 1 aliphatic rings. The Hall–Kier alpha value is -1.37. The van der Waals surface area contributed by atoms with Gasteiger partial charge < -0.3 is 4.90 Å². The van der Waals surface area contributed by atoms with Crippen molar-refractivity contribution < 1.29 is 18.0 Å². The van der Waals surface area contributed by atoms with Crippen LogP contribution in [0, 0.1) is 5.92 Å². The van der Waals surface area contributed by atoms with Gasteiger partial charge in [-0.1, -0.05) is 0 Å². The van der Waals surface area contributed by atoms with Gasteiger partial charge >= 0.3 is 6.18 Å². The van der Waals surface area contributed by atoms with E-state index in [-0.39, 0.29) is 11.9 Å². The van der Waals surface area contributed by atoms with E-state index < -0.39 is 17.1 Å². The number of alkyl halides is 3. The largest absolute Gasteiger partial charge is 0.433 e. The lowest BCUT2D eigenvalue weighted by atomic mass is 9.99. The molecule has 4 nitrogen and oxygen atoms in total. The summed E-state index contributed by atoms with van der Waals surface area (Å²) in [6, 6.07) is 0.832. The summed E-state index contributed by atoms with van der Waals surface area (Å²) < 4.78 is 37.6. The van der Waals surface area contributed by atoms with E-state index in [0.29, 0.717) is 25.9 Å². The van der Waals surface area contributed by atoms with Crippen molar-refractivity contribution in [2.75, 3.05) is 18.0 Å². The number of hydrogen-bond donors (Lipinski definition) is 0. The van der Waals surface area contributed by atoms with E-state index in [1.807, 2.05) is 0 Å². The van der Waals surface area contributed by atoms with Crippen LogP contribution in [0.15, 0.2) is 12.3 Å². The number of nitrogens with zero attached hydrogens (tertiary/aromatic N) is 3.